The summed E-state index contributed by atoms with van der Waals surface area (Å²) in [5.41, 5.74) is 7.13. The van der Waals surface area contributed by atoms with Crippen LogP contribution < -0.4 is 5.73 Å². The minimum Gasteiger partial charge on any atom is -0.326 e. The van der Waals surface area contributed by atoms with Gasteiger partial charge in [-0.25, -0.2) is 4.39 Å². The molecule has 2 aromatic rings. The highest BCUT2D eigenvalue weighted by Gasteiger charge is 2.21. The Bertz CT molecular complexity index is 553. The molecule has 0 saturated heterocycles. The van der Waals surface area contributed by atoms with E-state index in [4.69, 9.17) is 17.3 Å². The number of likely N-dealkylation sites (N-methyl/N-ethyl adjacent to an activating group) is 1. The van der Waals surface area contributed by atoms with E-state index in [1.807, 2.05) is 26.1 Å². The van der Waals surface area contributed by atoms with Gasteiger partial charge in [0.05, 0.1) is 4.34 Å². The Morgan fingerprint density at radius 3 is 2.40 bits per heavy atom. The van der Waals surface area contributed by atoms with Crippen LogP contribution in [0, 0.1) is 5.82 Å². The average Bonchev–Trinajstić information content (AvgIpc) is 2.77. The van der Waals surface area contributed by atoms with E-state index in [0.717, 1.165) is 16.4 Å². The summed E-state index contributed by atoms with van der Waals surface area (Å²) >= 11 is 7.52. The molecule has 0 saturated carbocycles. The lowest BCUT2D eigenvalue weighted by molar-refractivity contribution is 0.212. The normalized spacial score (nSPS) is 14.5. The van der Waals surface area contributed by atoms with E-state index >= 15 is 0 Å². The lowest BCUT2D eigenvalue weighted by atomic mass is 9.99. The van der Waals surface area contributed by atoms with Crippen LogP contribution in [-0.2, 0) is 6.54 Å². The van der Waals surface area contributed by atoms with Gasteiger partial charge in [0.25, 0.3) is 0 Å². The minimum absolute atomic E-state index is 0.0384. The summed E-state index contributed by atoms with van der Waals surface area (Å²) in [5, 5.41) is 0. The van der Waals surface area contributed by atoms with Crippen molar-refractivity contribution in [1.82, 2.24) is 4.90 Å². The molecule has 0 spiro atoms. The van der Waals surface area contributed by atoms with Crippen molar-refractivity contribution in [3.05, 3.63) is 57.0 Å². The summed E-state index contributed by atoms with van der Waals surface area (Å²) in [7, 11) is 2.02. The van der Waals surface area contributed by atoms with Crippen LogP contribution in [0.25, 0.3) is 0 Å². The van der Waals surface area contributed by atoms with Crippen LogP contribution in [0.3, 0.4) is 0 Å². The zero-order valence-electron chi connectivity index (χ0n) is 11.5. The summed E-state index contributed by atoms with van der Waals surface area (Å²) in [6.45, 7) is 2.73. The number of hydrogen-bond donors (Lipinski definition) is 1. The van der Waals surface area contributed by atoms with E-state index in [0.29, 0.717) is 0 Å². The molecule has 2 rings (SSSR count). The van der Waals surface area contributed by atoms with Gasteiger partial charge in [0.15, 0.2) is 0 Å². The Morgan fingerprint density at radius 1 is 1.25 bits per heavy atom. The third-order valence-corrected chi connectivity index (χ3v) is 4.43. The van der Waals surface area contributed by atoms with E-state index in [9.17, 15) is 4.39 Å². The van der Waals surface area contributed by atoms with Gasteiger partial charge in [0.1, 0.15) is 5.82 Å². The number of thiophene rings is 1. The van der Waals surface area contributed by atoms with Crippen LogP contribution in [-0.4, -0.2) is 18.0 Å². The highest BCUT2D eigenvalue weighted by Crippen LogP contribution is 2.27. The van der Waals surface area contributed by atoms with Crippen molar-refractivity contribution in [1.29, 1.82) is 0 Å². The highest BCUT2D eigenvalue weighted by atomic mass is 35.5. The third-order valence-electron chi connectivity index (χ3n) is 3.22. The first kappa shape index (κ1) is 15.4. The molecule has 108 valence electrons. The van der Waals surface area contributed by atoms with Crippen LogP contribution in [0.4, 0.5) is 4.39 Å². The van der Waals surface area contributed by atoms with Crippen LogP contribution in [0.15, 0.2) is 36.4 Å². The first-order valence-corrected chi connectivity index (χ1v) is 7.62. The topological polar surface area (TPSA) is 29.3 Å². The predicted molar refractivity (Wildman–Crippen MR) is 83.6 cm³/mol. The lowest BCUT2D eigenvalue weighted by Gasteiger charge is -2.31. The molecule has 2 nitrogen and oxygen atoms in total. The molecule has 2 atom stereocenters. The van der Waals surface area contributed by atoms with E-state index in [1.165, 1.54) is 17.0 Å². The van der Waals surface area contributed by atoms with E-state index in [-0.39, 0.29) is 17.9 Å². The van der Waals surface area contributed by atoms with Crippen LogP contribution in [0.1, 0.15) is 23.4 Å². The summed E-state index contributed by atoms with van der Waals surface area (Å²) in [4.78, 5) is 3.35. The van der Waals surface area contributed by atoms with Crippen molar-refractivity contribution >= 4 is 22.9 Å². The lowest BCUT2D eigenvalue weighted by Crippen LogP contribution is -2.36. The molecule has 0 aliphatic heterocycles. The molecule has 0 bridgehead atoms. The van der Waals surface area contributed by atoms with Gasteiger partial charge in [-0.2, -0.15) is 0 Å². The van der Waals surface area contributed by atoms with Gasteiger partial charge in [0.2, 0.25) is 0 Å². The van der Waals surface area contributed by atoms with E-state index in [1.54, 1.807) is 23.5 Å². The smallest absolute Gasteiger partial charge is 0.123 e. The summed E-state index contributed by atoms with van der Waals surface area (Å²) in [6.07, 6.45) is 0. The molecule has 1 aromatic heterocycles. The van der Waals surface area contributed by atoms with Gasteiger partial charge in [-0.15, -0.1) is 11.3 Å². The first-order chi connectivity index (χ1) is 9.47. The highest BCUT2D eigenvalue weighted by molar-refractivity contribution is 7.16. The predicted octanol–water partition coefficient (Wildman–Crippen LogP) is 4.06. The van der Waals surface area contributed by atoms with Gasteiger partial charge in [-0.1, -0.05) is 23.7 Å². The molecule has 0 amide bonds. The average molecular weight is 313 g/mol. The summed E-state index contributed by atoms with van der Waals surface area (Å²) in [5.74, 6) is -0.232. The summed E-state index contributed by atoms with van der Waals surface area (Å²) < 4.78 is 13.8. The number of benzene rings is 1. The molecule has 0 fully saturated rings. The van der Waals surface area contributed by atoms with Crippen molar-refractivity contribution in [2.75, 3.05) is 7.05 Å². The molecule has 0 aliphatic carbocycles. The molecular weight excluding hydrogens is 295 g/mol. The fraction of sp³-hybridized carbons (Fsp3) is 0.333. The zero-order chi connectivity index (χ0) is 14.7. The van der Waals surface area contributed by atoms with Crippen LogP contribution in [0.5, 0.6) is 0 Å². The van der Waals surface area contributed by atoms with Crippen molar-refractivity contribution in [2.45, 2.75) is 25.6 Å². The molecule has 2 N–H and O–H groups in total. The van der Waals surface area contributed by atoms with Crippen molar-refractivity contribution in [3.8, 4) is 0 Å². The molecule has 1 heterocycles. The van der Waals surface area contributed by atoms with Crippen molar-refractivity contribution in [3.63, 3.8) is 0 Å². The molecule has 1 aromatic carbocycles. The number of hydrogen-bond acceptors (Lipinski definition) is 3. The number of nitrogens with two attached hydrogens (primary N) is 1. The zero-order valence-corrected chi connectivity index (χ0v) is 13.1. The van der Waals surface area contributed by atoms with Gasteiger partial charge in [-0.3, -0.25) is 4.90 Å². The first-order valence-electron chi connectivity index (χ1n) is 6.43. The second-order valence-electron chi connectivity index (χ2n) is 4.98. The second-order valence-corrected chi connectivity index (χ2v) is 6.78. The van der Waals surface area contributed by atoms with Crippen LogP contribution >= 0.6 is 22.9 Å². The maximum absolute atomic E-state index is 13.0. The standard InChI is InChI=1S/C15H18ClFN2S/c1-10(18)15(11-3-5-12(17)6-4-11)19(2)9-13-7-8-14(16)20-13/h3-8,10,15H,9,18H2,1-2H3. The number of nitrogens with zero attached hydrogens (tertiary/aromatic N) is 1. The van der Waals surface area contributed by atoms with E-state index in [2.05, 4.69) is 4.90 Å². The van der Waals surface area contributed by atoms with Crippen molar-refractivity contribution in [2.24, 2.45) is 5.73 Å². The van der Waals surface area contributed by atoms with Gasteiger partial charge >= 0.3 is 0 Å². The maximum Gasteiger partial charge on any atom is 0.123 e. The monoisotopic (exact) mass is 312 g/mol. The SMILES string of the molecule is CC(N)C(c1ccc(F)cc1)N(C)Cc1ccc(Cl)s1. The Labute approximate surface area is 128 Å². The minimum atomic E-state index is -0.232. The quantitative estimate of drug-likeness (QED) is 0.902. The van der Waals surface area contributed by atoms with Gasteiger partial charge in [0, 0.05) is 23.5 Å². The summed E-state index contributed by atoms with van der Waals surface area (Å²) in [6, 6.07) is 10.4. The molecule has 20 heavy (non-hydrogen) atoms. The Hall–Kier alpha value is -0.940. The Morgan fingerprint density at radius 2 is 1.90 bits per heavy atom. The maximum atomic E-state index is 13.0. The third kappa shape index (κ3) is 3.79. The fourth-order valence-corrected chi connectivity index (χ4v) is 3.55. The molecule has 0 aliphatic rings. The molecule has 2 unspecified atom stereocenters. The van der Waals surface area contributed by atoms with Crippen molar-refractivity contribution < 1.29 is 4.39 Å². The van der Waals surface area contributed by atoms with E-state index < -0.39 is 0 Å². The Kier molecular flexibility index (Phi) is 5.16. The van der Waals surface area contributed by atoms with Crippen LogP contribution in [0.2, 0.25) is 4.34 Å². The Balaban J connectivity index is 2.17. The van der Waals surface area contributed by atoms with Gasteiger partial charge in [-0.05, 0) is 43.8 Å². The molecular formula is C15H18ClFN2S. The number of halogens is 2. The molecule has 0 radical (unpaired) electrons. The van der Waals surface area contributed by atoms with Gasteiger partial charge < -0.3 is 5.73 Å². The largest absolute Gasteiger partial charge is 0.326 e. The second kappa shape index (κ2) is 6.68. The fourth-order valence-electron chi connectivity index (χ4n) is 2.40. The number of rotatable bonds is 5. The molecule has 5 heteroatoms.